The summed E-state index contributed by atoms with van der Waals surface area (Å²) in [6, 6.07) is 1.64. The monoisotopic (exact) mass is 652 g/mol. The molecule has 240 valence electrons. The van der Waals surface area contributed by atoms with Gasteiger partial charge < -0.3 is 38.7 Å². The quantitative estimate of drug-likeness (QED) is 0.271. The van der Waals surface area contributed by atoms with Gasteiger partial charge in [-0.05, 0) is 25.5 Å². The number of hydrogen-bond donors (Lipinski definition) is 3. The van der Waals surface area contributed by atoms with E-state index in [9.17, 15) is 29.7 Å². The van der Waals surface area contributed by atoms with Gasteiger partial charge in [-0.25, -0.2) is 0 Å². The smallest absolute Gasteiger partial charge is 0.282 e. The number of phenolic OH excluding ortho intramolecular Hbond substituents is 2. The summed E-state index contributed by atoms with van der Waals surface area (Å²) in [5.74, 6) is -1.25. The molecule has 3 aliphatic rings. The van der Waals surface area contributed by atoms with Crippen LogP contribution in [-0.2, 0) is 25.4 Å². The van der Waals surface area contributed by atoms with Crippen LogP contribution in [0.25, 0.3) is 32.9 Å². The number of Topliss-reactive ketones (excluding diaryl/α,β-unsaturated/α-hetero) is 1. The molecule has 3 N–H and O–H groups in total. The Hall–Kier alpha value is -4.27. The van der Waals surface area contributed by atoms with Crippen LogP contribution in [0.15, 0.2) is 25.2 Å². The number of carbonyl (C=O) groups is 1. The van der Waals surface area contributed by atoms with Gasteiger partial charge in [0.2, 0.25) is 5.43 Å². The fourth-order valence-corrected chi connectivity index (χ4v) is 7.05. The highest BCUT2D eigenvalue weighted by molar-refractivity contribution is 6.38. The van der Waals surface area contributed by atoms with Crippen LogP contribution >= 0.6 is 11.6 Å². The predicted molar refractivity (Wildman–Crippen MR) is 165 cm³/mol. The Morgan fingerprint density at radius 2 is 1.80 bits per heavy atom. The second-order valence-electron chi connectivity index (χ2n) is 11.6. The lowest BCUT2D eigenvalue weighted by Crippen LogP contribution is -2.34. The molecule has 2 aromatic heterocycles. The third-order valence-electron chi connectivity index (χ3n) is 9.16. The van der Waals surface area contributed by atoms with Crippen LogP contribution in [0.5, 0.6) is 17.2 Å². The number of rotatable bonds is 4. The molecule has 7 rings (SSSR count). The molecule has 2 aliphatic carbocycles. The number of nitrogens with zero attached hydrogens (tertiary/aromatic N) is 2. The van der Waals surface area contributed by atoms with Gasteiger partial charge in [0, 0.05) is 56.1 Å². The van der Waals surface area contributed by atoms with E-state index in [4.69, 9.17) is 35.0 Å². The minimum Gasteiger partial charge on any atom is -0.506 e. The largest absolute Gasteiger partial charge is 0.506 e. The standard InChI is InChI=1S/C32H29ClN2O11/c1-10(12(3)36)34-35-11(2)24(33)14-6-13-7-17-20-22(18(13)25(38)19(14)32(35)41)27(40)23-26(39)21-16(42-4)8-15(37)28(43-5)30(21)46-31(23)29(20)45-9-44-17/h6,15-17,28,37-38,40H,7-9H2,1-5H3. The number of aromatic hydroxyl groups is 2. The van der Waals surface area contributed by atoms with E-state index in [2.05, 4.69) is 5.10 Å². The van der Waals surface area contributed by atoms with E-state index < -0.39 is 46.9 Å². The molecule has 0 bridgehead atoms. The number of ketones is 1. The zero-order valence-corrected chi connectivity index (χ0v) is 26.1. The number of carbonyl (C=O) groups excluding carboxylic acids is 1. The fourth-order valence-electron chi connectivity index (χ4n) is 6.82. The molecule has 4 unspecified atom stereocenters. The van der Waals surface area contributed by atoms with Gasteiger partial charge in [-0.15, -0.1) is 0 Å². The first kappa shape index (κ1) is 30.4. The normalized spacial score (nSPS) is 21.9. The molecule has 4 aromatic rings. The van der Waals surface area contributed by atoms with Gasteiger partial charge >= 0.3 is 0 Å². The maximum atomic E-state index is 14.2. The summed E-state index contributed by atoms with van der Waals surface area (Å²) < 4.78 is 30.0. The number of aromatic nitrogens is 1. The molecule has 0 radical (unpaired) electrons. The lowest BCUT2D eigenvalue weighted by molar-refractivity contribution is -0.111. The van der Waals surface area contributed by atoms with Crippen LogP contribution < -0.4 is 15.7 Å². The third kappa shape index (κ3) is 4.02. The molecule has 13 nitrogen and oxygen atoms in total. The average Bonchev–Trinajstić information content (AvgIpc) is 3.02. The summed E-state index contributed by atoms with van der Waals surface area (Å²) in [6.45, 7) is 4.12. The first-order valence-electron chi connectivity index (χ1n) is 14.4. The number of aliphatic hydroxyl groups excluding tert-OH is 1. The molecule has 0 spiro atoms. The van der Waals surface area contributed by atoms with Crippen molar-refractivity contribution in [2.24, 2.45) is 5.10 Å². The summed E-state index contributed by atoms with van der Waals surface area (Å²) in [4.78, 5) is 40.0. The number of halogens is 1. The Morgan fingerprint density at radius 1 is 1.09 bits per heavy atom. The van der Waals surface area contributed by atoms with Crippen molar-refractivity contribution in [1.29, 1.82) is 0 Å². The molecule has 0 fully saturated rings. The van der Waals surface area contributed by atoms with Crippen molar-refractivity contribution < 1.29 is 43.5 Å². The van der Waals surface area contributed by atoms with Crippen molar-refractivity contribution >= 4 is 44.8 Å². The third-order valence-corrected chi connectivity index (χ3v) is 9.64. The van der Waals surface area contributed by atoms with Gasteiger partial charge in [0.1, 0.15) is 34.5 Å². The first-order chi connectivity index (χ1) is 21.9. The van der Waals surface area contributed by atoms with Gasteiger partial charge in [0.05, 0.1) is 40.0 Å². The van der Waals surface area contributed by atoms with Crippen molar-refractivity contribution in [3.05, 3.63) is 59.8 Å². The number of aliphatic hydroxyl groups is 1. The molecule has 1 aliphatic heterocycles. The zero-order chi connectivity index (χ0) is 32.9. The zero-order valence-electron chi connectivity index (χ0n) is 25.4. The summed E-state index contributed by atoms with van der Waals surface area (Å²) in [6.07, 6.45) is -3.36. The van der Waals surface area contributed by atoms with E-state index in [-0.39, 0.29) is 91.8 Å². The average molecular weight is 653 g/mol. The molecular weight excluding hydrogens is 624 g/mol. The van der Waals surface area contributed by atoms with E-state index >= 15 is 0 Å². The maximum Gasteiger partial charge on any atom is 0.282 e. The number of phenols is 2. The molecule has 4 atom stereocenters. The van der Waals surface area contributed by atoms with Gasteiger partial charge in [0.15, 0.2) is 23.9 Å². The Bertz CT molecular complexity index is 2180. The number of ether oxygens (including phenoxy) is 4. The second-order valence-corrected chi connectivity index (χ2v) is 12.0. The van der Waals surface area contributed by atoms with Crippen molar-refractivity contribution in [2.75, 3.05) is 21.0 Å². The molecule has 2 aromatic carbocycles. The summed E-state index contributed by atoms with van der Waals surface area (Å²) >= 11 is 6.73. The summed E-state index contributed by atoms with van der Waals surface area (Å²) in [7, 11) is 2.77. The van der Waals surface area contributed by atoms with Crippen LogP contribution in [0.2, 0.25) is 5.02 Å². The number of hydrogen-bond acceptors (Lipinski definition) is 12. The minimum absolute atomic E-state index is 0.0271. The van der Waals surface area contributed by atoms with Gasteiger partial charge in [-0.2, -0.15) is 9.78 Å². The van der Waals surface area contributed by atoms with Crippen LogP contribution in [0.1, 0.15) is 66.7 Å². The van der Waals surface area contributed by atoms with Gasteiger partial charge in [0.25, 0.3) is 5.56 Å². The highest BCUT2D eigenvalue weighted by Gasteiger charge is 2.44. The van der Waals surface area contributed by atoms with Gasteiger partial charge in [-0.3, -0.25) is 14.4 Å². The summed E-state index contributed by atoms with van der Waals surface area (Å²) in [5, 5.41) is 38.6. The maximum absolute atomic E-state index is 14.2. The van der Waals surface area contributed by atoms with Crippen molar-refractivity contribution in [1.82, 2.24) is 4.68 Å². The number of methoxy groups -OCH3 is 2. The molecular formula is C32H29ClN2O11. The fraction of sp³-hybridized carbons (Fsp3) is 0.375. The Kier molecular flexibility index (Phi) is 7.03. The van der Waals surface area contributed by atoms with Crippen LogP contribution in [0.3, 0.4) is 0 Å². The van der Waals surface area contributed by atoms with E-state index in [0.717, 1.165) is 4.68 Å². The van der Waals surface area contributed by atoms with Crippen LogP contribution in [-0.4, -0.2) is 58.6 Å². The van der Waals surface area contributed by atoms with Crippen molar-refractivity contribution in [3.8, 4) is 28.4 Å². The lowest BCUT2D eigenvalue weighted by atomic mass is 9.79. The Labute approximate surface area is 265 Å². The van der Waals surface area contributed by atoms with E-state index in [1.54, 1.807) is 13.0 Å². The Balaban J connectivity index is 1.61. The van der Waals surface area contributed by atoms with Crippen LogP contribution in [0.4, 0.5) is 0 Å². The number of fused-ring (bicyclic) bond motifs is 6. The van der Waals surface area contributed by atoms with E-state index in [1.807, 2.05) is 0 Å². The Morgan fingerprint density at radius 3 is 2.48 bits per heavy atom. The number of pyridine rings is 1. The van der Waals surface area contributed by atoms with Crippen molar-refractivity contribution in [3.63, 3.8) is 0 Å². The minimum atomic E-state index is -1.04. The van der Waals surface area contributed by atoms with E-state index in [1.165, 1.54) is 28.1 Å². The molecule has 0 saturated carbocycles. The van der Waals surface area contributed by atoms with Gasteiger partial charge in [-0.1, -0.05) is 11.6 Å². The number of benzene rings is 2. The molecule has 3 heterocycles. The van der Waals surface area contributed by atoms with E-state index in [0.29, 0.717) is 11.1 Å². The van der Waals surface area contributed by atoms with Crippen LogP contribution in [0, 0.1) is 6.92 Å². The lowest BCUT2D eigenvalue weighted by Gasteiger charge is -2.36. The molecule has 0 amide bonds. The second kappa shape index (κ2) is 10.6. The summed E-state index contributed by atoms with van der Waals surface area (Å²) in [5.41, 5.74) is -0.198. The SMILES string of the molecule is COC1CC(O)C(OC)c2oc3c4c5c(c(O)c3c(=O)c21)-c1c(cc2c(Cl)c(C)n(N=C(C)C(C)=O)c(=O)c2c1O)CC5OCO4. The first-order valence-corrected chi connectivity index (χ1v) is 14.8. The van der Waals surface area contributed by atoms with Crippen molar-refractivity contribution in [2.45, 2.75) is 58.0 Å². The highest BCUT2D eigenvalue weighted by atomic mass is 35.5. The molecule has 14 heteroatoms. The molecule has 0 saturated heterocycles. The highest BCUT2D eigenvalue weighted by Crippen LogP contribution is 2.58. The predicted octanol–water partition coefficient (Wildman–Crippen LogP) is 4.06. The topological polar surface area (TPSA) is 179 Å². The molecule has 46 heavy (non-hydrogen) atoms.